The van der Waals surface area contributed by atoms with Crippen LogP contribution in [0.4, 0.5) is 4.79 Å². The second-order valence-corrected chi connectivity index (χ2v) is 6.33. The molecule has 2 atom stereocenters. The number of alkyl carbamates (subject to hydrolysis) is 1. The zero-order chi connectivity index (χ0) is 16.0. The van der Waals surface area contributed by atoms with Gasteiger partial charge in [0, 0.05) is 11.9 Å². The lowest BCUT2D eigenvalue weighted by Crippen LogP contribution is -2.38. The Morgan fingerprint density at radius 1 is 1.29 bits per heavy atom. The molecule has 0 radical (unpaired) electrons. The van der Waals surface area contributed by atoms with Gasteiger partial charge in [-0.1, -0.05) is 40.2 Å². The highest BCUT2D eigenvalue weighted by atomic mass is 79.9. The second-order valence-electron chi connectivity index (χ2n) is 5.77. The zero-order valence-electron chi connectivity index (χ0n) is 12.5. The number of hydrogen-bond donors (Lipinski definition) is 3. The number of alkyl halides is 1. The molecule has 5 nitrogen and oxygen atoms in total. The summed E-state index contributed by atoms with van der Waals surface area (Å²) in [6, 6.07) is 7.22. The number of carbonyl (C=O) groups is 1. The molecule has 0 spiro atoms. The van der Waals surface area contributed by atoms with E-state index in [9.17, 15) is 15.0 Å². The van der Waals surface area contributed by atoms with Crippen LogP contribution in [-0.4, -0.2) is 34.6 Å². The smallest absolute Gasteiger partial charge is 0.407 e. The number of aliphatic hydroxyl groups is 2. The number of ether oxygens (including phenoxy) is 1. The fourth-order valence-corrected chi connectivity index (χ4v) is 2.01. The third-order valence-electron chi connectivity index (χ3n) is 2.69. The van der Waals surface area contributed by atoms with Crippen LogP contribution in [0.5, 0.6) is 0 Å². The van der Waals surface area contributed by atoms with Gasteiger partial charge in [-0.05, 0) is 31.9 Å². The molecule has 2 unspecified atom stereocenters. The summed E-state index contributed by atoms with van der Waals surface area (Å²) in [5.41, 5.74) is 1.07. The zero-order valence-corrected chi connectivity index (χ0v) is 14.1. The van der Waals surface area contributed by atoms with Crippen LogP contribution < -0.4 is 5.32 Å². The van der Waals surface area contributed by atoms with E-state index in [4.69, 9.17) is 4.74 Å². The molecular weight excluding hydrogens is 338 g/mol. The van der Waals surface area contributed by atoms with Crippen LogP contribution in [0.2, 0.25) is 0 Å². The molecule has 0 saturated heterocycles. The molecule has 0 aliphatic carbocycles. The molecule has 21 heavy (non-hydrogen) atoms. The van der Waals surface area contributed by atoms with Gasteiger partial charge in [0.25, 0.3) is 0 Å². The highest BCUT2D eigenvalue weighted by molar-refractivity contribution is 9.08. The van der Waals surface area contributed by atoms with E-state index in [1.807, 2.05) is 12.1 Å². The minimum Gasteiger partial charge on any atom is -0.444 e. The van der Waals surface area contributed by atoms with Gasteiger partial charge in [-0.3, -0.25) is 0 Å². The standard InChI is InChI=1S/C15H22BrNO4/c1-15(2,3)21-14(20)17-9-12(18)13(19)11-6-4-10(8-16)5-7-11/h4-7,12-13,18-19H,8-9H2,1-3H3,(H,17,20). The molecule has 0 bridgehead atoms. The number of nitrogens with one attached hydrogen (secondary N) is 1. The lowest BCUT2D eigenvalue weighted by atomic mass is 10.0. The third-order valence-corrected chi connectivity index (χ3v) is 3.34. The molecule has 1 amide bonds. The summed E-state index contributed by atoms with van der Waals surface area (Å²) in [6.45, 7) is 5.17. The van der Waals surface area contributed by atoms with Crippen LogP contribution in [0.15, 0.2) is 24.3 Å². The summed E-state index contributed by atoms with van der Waals surface area (Å²) in [4.78, 5) is 11.5. The van der Waals surface area contributed by atoms with E-state index in [0.717, 1.165) is 10.9 Å². The molecule has 1 aromatic carbocycles. The Morgan fingerprint density at radius 3 is 2.33 bits per heavy atom. The van der Waals surface area contributed by atoms with Gasteiger partial charge in [-0.25, -0.2) is 4.79 Å². The Kier molecular flexibility index (Phi) is 6.64. The SMILES string of the molecule is CC(C)(C)OC(=O)NCC(O)C(O)c1ccc(CBr)cc1. The summed E-state index contributed by atoms with van der Waals surface area (Å²) in [5, 5.41) is 23.1. The van der Waals surface area contributed by atoms with Crippen molar-refractivity contribution in [3.63, 3.8) is 0 Å². The summed E-state index contributed by atoms with van der Waals surface area (Å²) in [7, 11) is 0. The number of hydrogen-bond acceptors (Lipinski definition) is 4. The molecule has 1 aromatic rings. The maximum atomic E-state index is 11.5. The van der Waals surface area contributed by atoms with Gasteiger partial charge in [-0.2, -0.15) is 0 Å². The number of halogens is 1. The molecule has 0 aliphatic heterocycles. The first-order valence-corrected chi connectivity index (χ1v) is 7.83. The second kappa shape index (κ2) is 7.77. The number of amides is 1. The average molecular weight is 360 g/mol. The molecule has 0 saturated carbocycles. The van der Waals surface area contributed by atoms with Crippen LogP contribution in [-0.2, 0) is 10.1 Å². The van der Waals surface area contributed by atoms with E-state index in [-0.39, 0.29) is 6.54 Å². The first-order valence-electron chi connectivity index (χ1n) is 6.70. The normalized spacial score (nSPS) is 14.4. The van der Waals surface area contributed by atoms with Crippen molar-refractivity contribution < 1.29 is 19.7 Å². The van der Waals surface area contributed by atoms with Gasteiger partial charge in [0.1, 0.15) is 17.8 Å². The van der Waals surface area contributed by atoms with E-state index < -0.39 is 23.9 Å². The molecule has 0 aliphatic rings. The predicted molar refractivity (Wildman–Crippen MR) is 84.3 cm³/mol. The Bertz CT molecular complexity index is 456. The largest absolute Gasteiger partial charge is 0.444 e. The van der Waals surface area contributed by atoms with Crippen LogP contribution in [0.25, 0.3) is 0 Å². The fourth-order valence-electron chi connectivity index (χ4n) is 1.64. The maximum absolute atomic E-state index is 11.5. The van der Waals surface area contributed by atoms with Crippen molar-refractivity contribution in [3.05, 3.63) is 35.4 Å². The van der Waals surface area contributed by atoms with Crippen molar-refractivity contribution in [2.75, 3.05) is 6.54 Å². The Balaban J connectivity index is 2.50. The average Bonchev–Trinajstić information content (AvgIpc) is 2.42. The minimum atomic E-state index is -1.10. The third kappa shape index (κ3) is 6.46. The highest BCUT2D eigenvalue weighted by Crippen LogP contribution is 2.18. The van der Waals surface area contributed by atoms with Gasteiger partial charge in [0.05, 0.1) is 0 Å². The molecule has 1 rings (SSSR count). The first-order chi connectivity index (χ1) is 9.73. The molecule has 118 valence electrons. The minimum absolute atomic E-state index is 0.0870. The quantitative estimate of drug-likeness (QED) is 0.705. The summed E-state index contributed by atoms with van der Waals surface area (Å²) < 4.78 is 5.06. The summed E-state index contributed by atoms with van der Waals surface area (Å²) in [5.74, 6) is 0. The van der Waals surface area contributed by atoms with E-state index in [0.29, 0.717) is 5.56 Å². The number of rotatable bonds is 5. The number of aliphatic hydroxyl groups excluding tert-OH is 2. The Hall–Kier alpha value is -1.11. The Labute approximate surface area is 133 Å². The van der Waals surface area contributed by atoms with E-state index in [1.165, 1.54) is 0 Å². The summed E-state index contributed by atoms with van der Waals surface area (Å²) >= 11 is 3.34. The highest BCUT2D eigenvalue weighted by Gasteiger charge is 2.21. The lowest BCUT2D eigenvalue weighted by Gasteiger charge is -2.22. The molecule has 0 aromatic heterocycles. The molecule has 0 heterocycles. The molecule has 3 N–H and O–H groups in total. The Morgan fingerprint density at radius 2 is 1.86 bits per heavy atom. The van der Waals surface area contributed by atoms with Crippen molar-refractivity contribution in [3.8, 4) is 0 Å². The molecule has 6 heteroatoms. The van der Waals surface area contributed by atoms with Gasteiger partial charge in [0.2, 0.25) is 0 Å². The topological polar surface area (TPSA) is 78.8 Å². The summed E-state index contributed by atoms with van der Waals surface area (Å²) in [6.07, 6.45) is -2.79. The van der Waals surface area contributed by atoms with Crippen molar-refractivity contribution in [1.82, 2.24) is 5.32 Å². The van der Waals surface area contributed by atoms with Crippen molar-refractivity contribution in [1.29, 1.82) is 0 Å². The van der Waals surface area contributed by atoms with Crippen molar-refractivity contribution in [2.45, 2.75) is 43.9 Å². The molecule has 0 fully saturated rings. The predicted octanol–water partition coefficient (Wildman–Crippen LogP) is 2.50. The molecular formula is C15H22BrNO4. The van der Waals surface area contributed by atoms with Crippen LogP contribution in [0, 0.1) is 0 Å². The lowest BCUT2D eigenvalue weighted by molar-refractivity contribution is 0.0129. The van der Waals surface area contributed by atoms with Gasteiger partial charge < -0.3 is 20.3 Å². The number of carbonyl (C=O) groups excluding carboxylic acids is 1. The number of benzene rings is 1. The van der Waals surface area contributed by atoms with Gasteiger partial charge in [0.15, 0.2) is 0 Å². The van der Waals surface area contributed by atoms with Gasteiger partial charge >= 0.3 is 6.09 Å². The van der Waals surface area contributed by atoms with Crippen molar-refractivity contribution in [2.24, 2.45) is 0 Å². The van der Waals surface area contributed by atoms with Crippen LogP contribution in [0.1, 0.15) is 38.0 Å². The maximum Gasteiger partial charge on any atom is 0.407 e. The fraction of sp³-hybridized carbons (Fsp3) is 0.533. The van der Waals surface area contributed by atoms with E-state index >= 15 is 0 Å². The van der Waals surface area contributed by atoms with Gasteiger partial charge in [-0.15, -0.1) is 0 Å². The van der Waals surface area contributed by atoms with E-state index in [1.54, 1.807) is 32.9 Å². The van der Waals surface area contributed by atoms with E-state index in [2.05, 4.69) is 21.2 Å². The van der Waals surface area contributed by atoms with Crippen LogP contribution >= 0.6 is 15.9 Å². The van der Waals surface area contributed by atoms with Crippen LogP contribution in [0.3, 0.4) is 0 Å². The first kappa shape index (κ1) is 17.9. The van der Waals surface area contributed by atoms with Crippen molar-refractivity contribution >= 4 is 22.0 Å². The monoisotopic (exact) mass is 359 g/mol.